The highest BCUT2D eigenvalue weighted by atomic mass is 79.9. The molecule has 7 rings (SSSR count). The summed E-state index contributed by atoms with van der Waals surface area (Å²) in [5.41, 5.74) is 6.72. The Morgan fingerprint density at radius 1 is 0.952 bits per heavy atom. The smallest absolute Gasteiger partial charge is 0.234 e. The number of piperidine rings is 2. The lowest BCUT2D eigenvalue weighted by atomic mass is 9.89. The minimum Gasteiger partial charge on any atom is -0.494 e. The van der Waals surface area contributed by atoms with E-state index in [1.54, 1.807) is 26.6 Å². The number of pyridine rings is 1. The van der Waals surface area contributed by atoms with Crippen LogP contribution >= 0.6 is 23.1 Å². The molecule has 1 unspecified atom stereocenters. The highest BCUT2D eigenvalue weighted by Crippen LogP contribution is 2.43. The molecule has 2 amide bonds. The van der Waals surface area contributed by atoms with Gasteiger partial charge in [-0.25, -0.2) is 13.8 Å². The van der Waals surface area contributed by atoms with Crippen molar-refractivity contribution in [2.24, 2.45) is 0 Å². The zero-order chi connectivity index (χ0) is 45.0. The number of carbonyl (C=O) groups excluding carboxylic acids is 2. The summed E-state index contributed by atoms with van der Waals surface area (Å²) >= 11 is 3.61. The number of amides is 2. The van der Waals surface area contributed by atoms with Crippen LogP contribution < -0.4 is 41.5 Å². The van der Waals surface area contributed by atoms with E-state index in [4.69, 9.17) is 14.7 Å². The van der Waals surface area contributed by atoms with Crippen LogP contribution in [0.1, 0.15) is 66.5 Å². The van der Waals surface area contributed by atoms with Crippen LogP contribution in [0.15, 0.2) is 53.1 Å². The Hall–Kier alpha value is -5.02. The normalized spacial score (nSPS) is 16.1. The maximum Gasteiger partial charge on any atom is 0.234 e. The van der Waals surface area contributed by atoms with Crippen LogP contribution in [0, 0.1) is 25.5 Å². The quantitative estimate of drug-likeness (QED) is 0.0370. The Balaban J connectivity index is 0.928. The van der Waals surface area contributed by atoms with Crippen LogP contribution in [0.3, 0.4) is 0 Å². The molecule has 0 bridgehead atoms. The number of aryl methyl sites for hydroxylation is 3. The number of benzene rings is 3. The molecule has 5 N–H and O–H groups in total. The summed E-state index contributed by atoms with van der Waals surface area (Å²) in [6.07, 6.45) is 5.00. The van der Waals surface area contributed by atoms with Gasteiger partial charge in [-0.3, -0.25) is 19.9 Å². The standard InChI is InChI=1S/C46H55BrF2N9O4P/c1-7-29-23-38(55-46-52-25-33(47)44(57-46)54-37-10-9-36-32(43(37)63(5,6)61)20-26(2)27(3)53-36)40(62-4)24-39(29)58-18-13-30(14-19-58)51-17-16-50-15-12-28-21-34(48)42(35(49)22-28)31-8-11-41(59)56-45(31)60/h9-10,20-25,30-31,50-51H,7-8,11-19H2,1-6H3,(H,56,59,60)(H2,52,54,55,57). The number of hydrogen-bond acceptors (Lipinski definition) is 12. The number of ether oxygens (including phenoxy) is 1. The maximum absolute atomic E-state index is 14.9. The molecule has 63 heavy (non-hydrogen) atoms. The van der Waals surface area contributed by atoms with E-state index in [2.05, 4.69) is 77.5 Å². The van der Waals surface area contributed by atoms with Gasteiger partial charge in [0.15, 0.2) is 0 Å². The monoisotopic (exact) mass is 945 g/mol. The van der Waals surface area contributed by atoms with E-state index in [-0.39, 0.29) is 18.4 Å². The summed E-state index contributed by atoms with van der Waals surface area (Å²) in [5.74, 6) is -2.06. The molecule has 3 aromatic carbocycles. The molecule has 13 nitrogen and oxygen atoms in total. The third kappa shape index (κ3) is 10.7. The number of hydrogen-bond donors (Lipinski definition) is 5. The molecule has 2 fully saturated rings. The molecule has 0 saturated carbocycles. The number of anilines is 5. The topological polar surface area (TPSA) is 162 Å². The van der Waals surface area contributed by atoms with Gasteiger partial charge < -0.3 is 35.5 Å². The van der Waals surface area contributed by atoms with Crippen LogP contribution in [0.2, 0.25) is 0 Å². The first-order valence-electron chi connectivity index (χ1n) is 21.4. The van der Waals surface area contributed by atoms with Gasteiger partial charge in [0.05, 0.1) is 34.4 Å². The Morgan fingerprint density at radius 3 is 2.38 bits per heavy atom. The van der Waals surface area contributed by atoms with Gasteiger partial charge in [0.2, 0.25) is 17.8 Å². The lowest BCUT2D eigenvalue weighted by Crippen LogP contribution is -2.44. The third-order valence-corrected chi connectivity index (χ3v) is 14.0. The van der Waals surface area contributed by atoms with Crippen LogP contribution in [0.25, 0.3) is 10.9 Å². The number of methoxy groups -OCH3 is 1. The van der Waals surface area contributed by atoms with Crippen molar-refractivity contribution in [3.8, 4) is 5.75 Å². The molecule has 2 aliphatic heterocycles. The van der Waals surface area contributed by atoms with Gasteiger partial charge in [-0.1, -0.05) is 6.92 Å². The number of carbonyl (C=O) groups is 2. The van der Waals surface area contributed by atoms with Crippen LogP contribution in [0.4, 0.5) is 37.6 Å². The van der Waals surface area contributed by atoms with Gasteiger partial charge in [-0.2, -0.15) is 4.98 Å². The molecule has 2 aliphatic rings. The minimum atomic E-state index is -2.76. The van der Waals surface area contributed by atoms with Gasteiger partial charge >= 0.3 is 0 Å². The number of halogens is 3. The SMILES string of the molecule is CCc1cc(Nc2ncc(Br)c(Nc3ccc4nc(C)c(C)cc4c3P(C)(C)=O)n2)c(OC)cc1N1CCC(NCCNCCc2cc(F)c(C3CCC(=O)NC3=O)c(F)c2)CC1. The highest BCUT2D eigenvalue weighted by Gasteiger charge is 2.32. The fraction of sp³-hybridized carbons (Fsp3) is 0.413. The first-order valence-corrected chi connectivity index (χ1v) is 24.8. The molecule has 5 aromatic rings. The molecule has 0 aliphatic carbocycles. The van der Waals surface area contributed by atoms with E-state index in [0.29, 0.717) is 58.8 Å². The summed E-state index contributed by atoms with van der Waals surface area (Å²) in [6, 6.07) is 13.0. The first-order chi connectivity index (χ1) is 30.1. The number of nitrogens with one attached hydrogen (secondary N) is 5. The number of rotatable bonds is 16. The van der Waals surface area contributed by atoms with E-state index in [0.717, 1.165) is 83.3 Å². The van der Waals surface area contributed by atoms with Crippen molar-refractivity contribution in [3.05, 3.63) is 92.7 Å². The number of aromatic nitrogens is 3. The molecule has 334 valence electrons. The number of imide groups is 1. The average molecular weight is 947 g/mol. The average Bonchev–Trinajstić information content (AvgIpc) is 3.24. The lowest BCUT2D eigenvalue weighted by Gasteiger charge is -2.35. The predicted octanol–water partition coefficient (Wildman–Crippen LogP) is 7.90. The van der Waals surface area contributed by atoms with E-state index in [1.807, 2.05) is 26.0 Å². The first kappa shape index (κ1) is 46.0. The number of fused-ring (bicyclic) bond motifs is 1. The Labute approximate surface area is 375 Å². The Kier molecular flexibility index (Phi) is 14.4. The second-order valence-electron chi connectivity index (χ2n) is 16.6. The van der Waals surface area contributed by atoms with Crippen molar-refractivity contribution in [2.45, 2.75) is 71.3 Å². The summed E-state index contributed by atoms with van der Waals surface area (Å²) in [4.78, 5) is 40.2. The summed E-state index contributed by atoms with van der Waals surface area (Å²) in [6.45, 7) is 13.4. The van der Waals surface area contributed by atoms with Gasteiger partial charge in [-0.15, -0.1) is 0 Å². The zero-order valence-electron chi connectivity index (χ0n) is 36.6. The Morgan fingerprint density at radius 2 is 1.70 bits per heavy atom. The van der Waals surface area contributed by atoms with Crippen molar-refractivity contribution in [2.75, 3.05) is 68.7 Å². The molecule has 4 heterocycles. The molecule has 2 saturated heterocycles. The minimum absolute atomic E-state index is 0.0563. The fourth-order valence-corrected chi connectivity index (χ4v) is 10.2. The van der Waals surface area contributed by atoms with E-state index in [1.165, 1.54) is 12.1 Å². The Bertz CT molecular complexity index is 2560. The zero-order valence-corrected chi connectivity index (χ0v) is 39.0. The highest BCUT2D eigenvalue weighted by molar-refractivity contribution is 9.10. The van der Waals surface area contributed by atoms with Crippen LogP contribution in [-0.4, -0.2) is 86.0 Å². The van der Waals surface area contributed by atoms with Crippen molar-refractivity contribution in [1.82, 2.24) is 30.9 Å². The van der Waals surface area contributed by atoms with Gasteiger partial charge in [-0.05, 0) is 135 Å². The van der Waals surface area contributed by atoms with Gasteiger partial charge in [0.25, 0.3) is 0 Å². The second-order valence-corrected chi connectivity index (χ2v) is 20.6. The molecule has 0 radical (unpaired) electrons. The number of nitrogens with zero attached hydrogens (tertiary/aromatic N) is 4. The third-order valence-electron chi connectivity index (χ3n) is 11.9. The van der Waals surface area contributed by atoms with Crippen LogP contribution in [-0.2, 0) is 27.0 Å². The van der Waals surface area contributed by atoms with E-state index in [9.17, 15) is 22.9 Å². The van der Waals surface area contributed by atoms with Crippen LogP contribution in [0.5, 0.6) is 5.75 Å². The fourth-order valence-electron chi connectivity index (χ4n) is 8.46. The van der Waals surface area contributed by atoms with Crippen molar-refractivity contribution >= 4 is 79.9 Å². The molecule has 17 heteroatoms. The van der Waals surface area contributed by atoms with Crippen molar-refractivity contribution in [3.63, 3.8) is 0 Å². The maximum atomic E-state index is 14.9. The summed E-state index contributed by atoms with van der Waals surface area (Å²) in [7, 11) is -1.10. The van der Waals surface area contributed by atoms with Crippen molar-refractivity contribution < 1.29 is 27.7 Å². The van der Waals surface area contributed by atoms with Gasteiger partial charge in [0.1, 0.15) is 30.3 Å². The molecule has 1 atom stereocenters. The largest absolute Gasteiger partial charge is 0.494 e. The molecule has 2 aromatic heterocycles. The predicted molar refractivity (Wildman–Crippen MR) is 250 cm³/mol. The van der Waals surface area contributed by atoms with Gasteiger partial charge in [0, 0.05) is 78.5 Å². The molecule has 0 spiro atoms. The van der Waals surface area contributed by atoms with Crippen molar-refractivity contribution in [1.29, 1.82) is 0 Å². The second kappa shape index (κ2) is 19.8. The van der Waals surface area contributed by atoms with E-state index >= 15 is 0 Å². The summed E-state index contributed by atoms with van der Waals surface area (Å²) < 4.78 is 50.1. The van der Waals surface area contributed by atoms with E-state index < -0.39 is 36.5 Å². The summed E-state index contributed by atoms with van der Waals surface area (Å²) in [5, 5.41) is 17.6. The lowest BCUT2D eigenvalue weighted by molar-refractivity contribution is -0.134. The molecular formula is C46H55BrF2N9O4P. The molecular weight excluding hydrogens is 891 g/mol.